The normalized spacial score (nSPS) is 11.1. The molecule has 0 aliphatic carbocycles. The van der Waals surface area contributed by atoms with E-state index in [1.54, 1.807) is 12.1 Å². The molecule has 0 aromatic heterocycles. The van der Waals surface area contributed by atoms with Gasteiger partial charge in [-0.1, -0.05) is 11.6 Å². The number of rotatable bonds is 7. The smallest absolute Gasteiger partial charge is 0.244 e. The number of amides is 1. The summed E-state index contributed by atoms with van der Waals surface area (Å²) in [5, 5.41) is 2.88. The molecule has 2 aromatic rings. The highest BCUT2D eigenvalue weighted by Gasteiger charge is 2.21. The van der Waals surface area contributed by atoms with Crippen LogP contribution >= 0.6 is 11.6 Å². The Bertz CT molecular complexity index is 883. The predicted octanol–water partition coefficient (Wildman–Crippen LogP) is 2.33. The Labute approximate surface area is 158 Å². The van der Waals surface area contributed by atoms with Crippen LogP contribution in [0, 0.1) is 0 Å². The average molecular weight is 398 g/mol. The second kappa shape index (κ2) is 8.39. The topological polar surface area (TPSA) is 87.7 Å². The zero-order chi connectivity index (χ0) is 19.3. The van der Waals surface area contributed by atoms with Crippen LogP contribution in [0.1, 0.15) is 0 Å². The Hall–Kier alpha value is -2.29. The van der Waals surface area contributed by atoms with Crippen LogP contribution in [-0.4, -0.2) is 42.1 Å². The summed E-state index contributed by atoms with van der Waals surface area (Å²) >= 11 is 5.85. The highest BCUT2D eigenvalue weighted by molar-refractivity contribution is 7.89. The molecule has 0 aliphatic rings. The van der Waals surface area contributed by atoms with Crippen molar-refractivity contribution in [3.05, 3.63) is 47.5 Å². The van der Waals surface area contributed by atoms with Gasteiger partial charge in [-0.05, 0) is 42.5 Å². The molecule has 0 spiro atoms. The maximum absolute atomic E-state index is 12.4. The van der Waals surface area contributed by atoms with Crippen LogP contribution in [0.5, 0.6) is 5.75 Å². The highest BCUT2D eigenvalue weighted by atomic mass is 35.5. The van der Waals surface area contributed by atoms with Gasteiger partial charge in [0.1, 0.15) is 10.6 Å². The van der Waals surface area contributed by atoms with Crippen molar-refractivity contribution in [2.75, 3.05) is 38.0 Å². The average Bonchev–Trinajstić information content (AvgIpc) is 2.60. The molecule has 0 aliphatic heterocycles. The summed E-state index contributed by atoms with van der Waals surface area (Å²) in [6.45, 7) is -0.423. The molecule has 0 atom stereocenters. The number of anilines is 2. The molecule has 0 saturated carbocycles. The number of nitrogens with zero attached hydrogens (tertiary/aromatic N) is 1. The van der Waals surface area contributed by atoms with Crippen LogP contribution in [0.3, 0.4) is 0 Å². The molecular weight excluding hydrogens is 378 g/mol. The van der Waals surface area contributed by atoms with Crippen molar-refractivity contribution in [1.29, 1.82) is 0 Å². The van der Waals surface area contributed by atoms with Gasteiger partial charge >= 0.3 is 0 Å². The predicted molar refractivity (Wildman–Crippen MR) is 103 cm³/mol. The number of nitrogens with one attached hydrogen (secondary N) is 2. The molecule has 7 nitrogen and oxygen atoms in total. The van der Waals surface area contributed by atoms with Gasteiger partial charge in [0, 0.05) is 30.5 Å². The van der Waals surface area contributed by atoms with Crippen LogP contribution in [0.25, 0.3) is 0 Å². The number of benzene rings is 2. The van der Waals surface area contributed by atoms with E-state index in [0.717, 1.165) is 5.69 Å². The van der Waals surface area contributed by atoms with Crippen molar-refractivity contribution in [3.8, 4) is 5.75 Å². The second-order valence-electron chi connectivity index (χ2n) is 5.61. The molecular formula is C17H20ClN3O4S. The first kappa shape index (κ1) is 20.0. The fraction of sp³-hybridized carbons (Fsp3) is 0.235. The summed E-state index contributed by atoms with van der Waals surface area (Å²) in [7, 11) is 1.21. The van der Waals surface area contributed by atoms with Crippen LogP contribution < -0.4 is 19.7 Å². The second-order valence-corrected chi connectivity index (χ2v) is 7.78. The summed E-state index contributed by atoms with van der Waals surface area (Å²) in [4.78, 5) is 13.8. The molecule has 1 amide bonds. The van der Waals surface area contributed by atoms with Gasteiger partial charge in [0.2, 0.25) is 15.9 Å². The van der Waals surface area contributed by atoms with E-state index in [9.17, 15) is 13.2 Å². The van der Waals surface area contributed by atoms with E-state index < -0.39 is 22.5 Å². The van der Waals surface area contributed by atoms with Gasteiger partial charge in [-0.3, -0.25) is 4.79 Å². The van der Waals surface area contributed by atoms with Crippen LogP contribution in [0.15, 0.2) is 47.4 Å². The van der Waals surface area contributed by atoms with Gasteiger partial charge in [0.25, 0.3) is 0 Å². The minimum atomic E-state index is -3.96. The maximum atomic E-state index is 12.4. The number of carbonyl (C=O) groups excluding carboxylic acids is 1. The lowest BCUT2D eigenvalue weighted by Crippen LogP contribution is -2.33. The number of hydrogen-bond acceptors (Lipinski definition) is 5. The number of halogens is 1. The van der Waals surface area contributed by atoms with Crippen molar-refractivity contribution < 1.29 is 17.9 Å². The fourth-order valence-corrected chi connectivity index (χ4v) is 3.56. The third-order valence-corrected chi connectivity index (χ3v) is 5.16. The number of carbonyl (C=O) groups is 1. The molecule has 2 rings (SSSR count). The Kier molecular flexibility index (Phi) is 6.47. The van der Waals surface area contributed by atoms with Crippen molar-refractivity contribution in [2.24, 2.45) is 0 Å². The Morgan fingerprint density at radius 2 is 1.81 bits per heavy atom. The van der Waals surface area contributed by atoms with Crippen LogP contribution in [0.2, 0.25) is 5.02 Å². The summed E-state index contributed by atoms with van der Waals surface area (Å²) in [6.07, 6.45) is 0. The molecule has 0 unspecified atom stereocenters. The SMILES string of the molecule is COc1ccc(Cl)cc1S(=O)(=O)NCC(=O)Nc1ccc(N(C)C)cc1. The van der Waals surface area contributed by atoms with Crippen molar-refractivity contribution in [1.82, 2.24) is 4.72 Å². The number of sulfonamides is 1. The summed E-state index contributed by atoms with van der Waals surface area (Å²) in [5.41, 5.74) is 1.55. The minimum absolute atomic E-state index is 0.129. The molecule has 0 fully saturated rings. The van der Waals surface area contributed by atoms with Gasteiger partial charge < -0.3 is 15.0 Å². The Morgan fingerprint density at radius 1 is 1.15 bits per heavy atom. The van der Waals surface area contributed by atoms with Crippen LogP contribution in [-0.2, 0) is 14.8 Å². The van der Waals surface area contributed by atoms with E-state index in [0.29, 0.717) is 5.69 Å². The summed E-state index contributed by atoms with van der Waals surface area (Å²) in [5.74, 6) is -0.353. The molecule has 2 aromatic carbocycles. The van der Waals surface area contributed by atoms with Crippen molar-refractivity contribution in [2.45, 2.75) is 4.90 Å². The summed E-state index contributed by atoms with van der Waals surface area (Å²) < 4.78 is 32.1. The molecule has 0 heterocycles. The molecule has 9 heteroatoms. The lowest BCUT2D eigenvalue weighted by Gasteiger charge is -2.13. The maximum Gasteiger partial charge on any atom is 0.244 e. The first-order chi connectivity index (χ1) is 12.2. The lowest BCUT2D eigenvalue weighted by atomic mass is 10.2. The van der Waals surface area contributed by atoms with Gasteiger partial charge in [0.15, 0.2) is 0 Å². The molecule has 0 bridgehead atoms. The molecule has 0 radical (unpaired) electrons. The van der Waals surface area contributed by atoms with E-state index in [1.807, 2.05) is 31.1 Å². The van der Waals surface area contributed by atoms with E-state index in [-0.39, 0.29) is 15.7 Å². The highest BCUT2D eigenvalue weighted by Crippen LogP contribution is 2.26. The van der Waals surface area contributed by atoms with E-state index >= 15 is 0 Å². The van der Waals surface area contributed by atoms with E-state index in [2.05, 4.69) is 10.0 Å². The standard InChI is InChI=1S/C17H20ClN3O4S/c1-21(2)14-7-5-13(6-8-14)20-17(22)11-19-26(23,24)16-10-12(18)4-9-15(16)25-3/h4-10,19H,11H2,1-3H3,(H,20,22). The quantitative estimate of drug-likeness (QED) is 0.748. The monoisotopic (exact) mass is 397 g/mol. The largest absolute Gasteiger partial charge is 0.495 e. The van der Waals surface area contributed by atoms with E-state index in [4.69, 9.17) is 16.3 Å². The third-order valence-electron chi connectivity index (χ3n) is 3.51. The fourth-order valence-electron chi connectivity index (χ4n) is 2.15. The van der Waals surface area contributed by atoms with Crippen molar-refractivity contribution >= 4 is 38.9 Å². The first-order valence-electron chi connectivity index (χ1n) is 7.63. The molecule has 140 valence electrons. The zero-order valence-corrected chi connectivity index (χ0v) is 16.2. The third kappa shape index (κ3) is 5.10. The zero-order valence-electron chi connectivity index (χ0n) is 14.6. The Morgan fingerprint density at radius 3 is 2.38 bits per heavy atom. The summed E-state index contributed by atoms with van der Waals surface area (Å²) in [6, 6.07) is 11.4. The molecule has 2 N–H and O–H groups in total. The minimum Gasteiger partial charge on any atom is -0.495 e. The number of methoxy groups -OCH3 is 1. The van der Waals surface area contributed by atoms with E-state index in [1.165, 1.54) is 25.3 Å². The molecule has 26 heavy (non-hydrogen) atoms. The van der Waals surface area contributed by atoms with Crippen LogP contribution in [0.4, 0.5) is 11.4 Å². The van der Waals surface area contributed by atoms with Gasteiger partial charge in [-0.25, -0.2) is 13.1 Å². The molecule has 0 saturated heterocycles. The first-order valence-corrected chi connectivity index (χ1v) is 9.49. The lowest BCUT2D eigenvalue weighted by molar-refractivity contribution is -0.115. The Balaban J connectivity index is 2.03. The number of ether oxygens (including phenoxy) is 1. The van der Waals surface area contributed by atoms with Gasteiger partial charge in [-0.15, -0.1) is 0 Å². The van der Waals surface area contributed by atoms with Gasteiger partial charge in [0.05, 0.1) is 13.7 Å². The number of hydrogen-bond donors (Lipinski definition) is 2. The van der Waals surface area contributed by atoms with Crippen molar-refractivity contribution in [3.63, 3.8) is 0 Å². The van der Waals surface area contributed by atoms with Gasteiger partial charge in [-0.2, -0.15) is 0 Å².